The van der Waals surface area contributed by atoms with Crippen LogP contribution < -0.4 is 0 Å². The Bertz CT molecular complexity index is 759. The molecule has 20 heavy (non-hydrogen) atoms. The van der Waals surface area contributed by atoms with Crippen LogP contribution in [0.4, 0.5) is 0 Å². The molecule has 0 unspecified atom stereocenters. The van der Waals surface area contributed by atoms with E-state index in [1.165, 1.54) is 47.0 Å². The molecule has 0 aliphatic heterocycles. The molecule has 0 saturated heterocycles. The Labute approximate surface area is 119 Å². The van der Waals surface area contributed by atoms with Gasteiger partial charge in [0.2, 0.25) is 0 Å². The molecule has 4 rings (SSSR count). The van der Waals surface area contributed by atoms with E-state index in [9.17, 15) is 0 Å². The van der Waals surface area contributed by atoms with Gasteiger partial charge in [-0.1, -0.05) is 48.5 Å². The predicted molar refractivity (Wildman–Crippen MR) is 83.8 cm³/mol. The first kappa shape index (κ1) is 11.7. The highest BCUT2D eigenvalue weighted by Crippen LogP contribution is 2.34. The second-order valence-electron chi connectivity index (χ2n) is 5.51. The van der Waals surface area contributed by atoms with Crippen molar-refractivity contribution in [2.45, 2.75) is 25.7 Å². The lowest BCUT2D eigenvalue weighted by molar-refractivity contribution is 0.689. The van der Waals surface area contributed by atoms with E-state index in [4.69, 9.17) is 4.98 Å². The number of pyridine rings is 1. The number of hydrogen-bond acceptors (Lipinski definition) is 1. The topological polar surface area (TPSA) is 12.9 Å². The van der Waals surface area contributed by atoms with Crippen molar-refractivity contribution in [3.8, 4) is 11.3 Å². The van der Waals surface area contributed by atoms with Gasteiger partial charge in [0.1, 0.15) is 0 Å². The molecule has 1 heteroatoms. The molecule has 1 aromatic heterocycles. The summed E-state index contributed by atoms with van der Waals surface area (Å²) in [6.45, 7) is 0. The fraction of sp³-hybridized carbons (Fsp3) is 0.211. The van der Waals surface area contributed by atoms with Crippen LogP contribution >= 0.6 is 0 Å². The minimum Gasteiger partial charge on any atom is -0.247 e. The highest BCUT2D eigenvalue weighted by atomic mass is 14.7. The van der Waals surface area contributed by atoms with Crippen molar-refractivity contribution >= 4 is 10.9 Å². The van der Waals surface area contributed by atoms with Gasteiger partial charge in [0, 0.05) is 10.9 Å². The predicted octanol–water partition coefficient (Wildman–Crippen LogP) is 4.78. The summed E-state index contributed by atoms with van der Waals surface area (Å²) in [6, 6.07) is 19.2. The van der Waals surface area contributed by atoms with Gasteiger partial charge in [-0.25, -0.2) is 4.98 Å². The van der Waals surface area contributed by atoms with Gasteiger partial charge in [-0.3, -0.25) is 0 Å². The molecule has 0 N–H and O–H groups in total. The van der Waals surface area contributed by atoms with Crippen LogP contribution in [0.2, 0.25) is 0 Å². The molecular formula is C19H17N. The zero-order valence-electron chi connectivity index (χ0n) is 11.5. The van der Waals surface area contributed by atoms with Crippen LogP contribution in [0.15, 0.2) is 54.6 Å². The highest BCUT2D eigenvalue weighted by molar-refractivity contribution is 5.87. The third-order valence-electron chi connectivity index (χ3n) is 4.26. The minimum atomic E-state index is 1.13. The maximum atomic E-state index is 4.96. The number of hydrogen-bond donors (Lipinski definition) is 0. The Kier molecular flexibility index (Phi) is 2.77. The maximum absolute atomic E-state index is 4.96. The molecule has 0 radical (unpaired) electrons. The van der Waals surface area contributed by atoms with E-state index in [0.717, 1.165) is 11.9 Å². The second kappa shape index (κ2) is 4.75. The Morgan fingerprint density at radius 2 is 1.40 bits per heavy atom. The first-order valence-corrected chi connectivity index (χ1v) is 7.39. The van der Waals surface area contributed by atoms with Crippen LogP contribution in [0.1, 0.15) is 24.0 Å². The summed E-state index contributed by atoms with van der Waals surface area (Å²) < 4.78 is 0. The Hall–Kier alpha value is -2.15. The number of nitrogens with zero attached hydrogens (tertiary/aromatic N) is 1. The van der Waals surface area contributed by atoms with E-state index in [1.54, 1.807) is 0 Å². The molecule has 1 aliphatic rings. The average molecular weight is 259 g/mol. The molecule has 98 valence electrons. The lowest BCUT2D eigenvalue weighted by Crippen LogP contribution is -2.07. The highest BCUT2D eigenvalue weighted by Gasteiger charge is 2.18. The maximum Gasteiger partial charge on any atom is 0.0744 e. The van der Waals surface area contributed by atoms with Crippen LogP contribution in [-0.2, 0) is 12.8 Å². The molecule has 1 nitrogen and oxygen atoms in total. The van der Waals surface area contributed by atoms with Gasteiger partial charge in [0.05, 0.1) is 11.2 Å². The quantitative estimate of drug-likeness (QED) is 0.613. The molecule has 2 aromatic carbocycles. The first-order valence-electron chi connectivity index (χ1n) is 7.39. The van der Waals surface area contributed by atoms with Gasteiger partial charge >= 0.3 is 0 Å². The first-order chi connectivity index (χ1) is 9.93. The van der Waals surface area contributed by atoms with Crippen molar-refractivity contribution in [2.75, 3.05) is 0 Å². The summed E-state index contributed by atoms with van der Waals surface area (Å²) in [5, 5.41) is 1.35. The largest absolute Gasteiger partial charge is 0.247 e. The number of benzene rings is 2. The lowest BCUT2D eigenvalue weighted by Gasteiger charge is -2.21. The van der Waals surface area contributed by atoms with Gasteiger partial charge < -0.3 is 0 Å². The van der Waals surface area contributed by atoms with Crippen molar-refractivity contribution < 1.29 is 0 Å². The van der Waals surface area contributed by atoms with E-state index >= 15 is 0 Å². The smallest absolute Gasteiger partial charge is 0.0744 e. The van der Waals surface area contributed by atoms with E-state index in [2.05, 4.69) is 54.6 Å². The Balaban J connectivity index is 2.06. The summed E-state index contributed by atoms with van der Waals surface area (Å²) >= 11 is 0. The van der Waals surface area contributed by atoms with E-state index in [-0.39, 0.29) is 0 Å². The summed E-state index contributed by atoms with van der Waals surface area (Å²) in [7, 11) is 0. The zero-order chi connectivity index (χ0) is 13.4. The SMILES string of the molecule is c1ccc(-c2nc3ccccc3c3c2CCCC3)cc1. The third kappa shape index (κ3) is 1.82. The number of fused-ring (bicyclic) bond motifs is 3. The molecule has 1 heterocycles. The fourth-order valence-electron chi connectivity index (χ4n) is 3.31. The summed E-state index contributed by atoms with van der Waals surface area (Å²) in [5.41, 5.74) is 6.57. The number of rotatable bonds is 1. The standard InChI is InChI=1S/C19H17N/c1-2-8-14(9-3-1)19-17-12-5-4-10-15(17)16-11-6-7-13-18(16)20-19/h1-3,6-9,11,13H,4-5,10,12H2. The Morgan fingerprint density at radius 3 is 2.25 bits per heavy atom. The van der Waals surface area contributed by atoms with Crippen LogP contribution in [0, 0.1) is 0 Å². The number of aryl methyl sites for hydroxylation is 1. The van der Waals surface area contributed by atoms with E-state index in [1.807, 2.05) is 0 Å². The molecule has 0 fully saturated rings. The normalized spacial score (nSPS) is 14.2. The molecule has 3 aromatic rings. The molecule has 0 bridgehead atoms. The van der Waals surface area contributed by atoms with E-state index < -0.39 is 0 Å². The average Bonchev–Trinajstić information content (AvgIpc) is 2.55. The van der Waals surface area contributed by atoms with E-state index in [0.29, 0.717) is 0 Å². The minimum absolute atomic E-state index is 1.13. The van der Waals surface area contributed by atoms with Crippen molar-refractivity contribution in [3.05, 3.63) is 65.7 Å². The van der Waals surface area contributed by atoms with Crippen LogP contribution in [0.25, 0.3) is 22.2 Å². The van der Waals surface area contributed by atoms with Crippen LogP contribution in [-0.4, -0.2) is 4.98 Å². The molecule has 1 aliphatic carbocycles. The van der Waals surface area contributed by atoms with Crippen molar-refractivity contribution in [1.82, 2.24) is 4.98 Å². The van der Waals surface area contributed by atoms with Gasteiger partial charge in [-0.15, -0.1) is 0 Å². The fourth-order valence-corrected chi connectivity index (χ4v) is 3.31. The van der Waals surface area contributed by atoms with Gasteiger partial charge in [0.25, 0.3) is 0 Å². The van der Waals surface area contributed by atoms with Gasteiger partial charge in [-0.2, -0.15) is 0 Å². The number of para-hydroxylation sites is 1. The van der Waals surface area contributed by atoms with Crippen LogP contribution in [0.5, 0.6) is 0 Å². The second-order valence-corrected chi connectivity index (χ2v) is 5.51. The van der Waals surface area contributed by atoms with Crippen LogP contribution in [0.3, 0.4) is 0 Å². The molecule has 0 amide bonds. The lowest BCUT2D eigenvalue weighted by atomic mass is 9.86. The van der Waals surface area contributed by atoms with Gasteiger partial charge in [-0.05, 0) is 42.9 Å². The summed E-state index contributed by atoms with van der Waals surface area (Å²) in [5.74, 6) is 0. The molecule has 0 saturated carbocycles. The van der Waals surface area contributed by atoms with Crippen molar-refractivity contribution in [1.29, 1.82) is 0 Å². The molecule has 0 atom stereocenters. The monoisotopic (exact) mass is 259 g/mol. The number of aromatic nitrogens is 1. The molecular weight excluding hydrogens is 242 g/mol. The molecule has 0 spiro atoms. The van der Waals surface area contributed by atoms with Gasteiger partial charge in [0.15, 0.2) is 0 Å². The Morgan fingerprint density at radius 1 is 0.700 bits per heavy atom. The summed E-state index contributed by atoms with van der Waals surface area (Å²) in [6.07, 6.45) is 4.94. The van der Waals surface area contributed by atoms with Crippen molar-refractivity contribution in [2.24, 2.45) is 0 Å². The third-order valence-corrected chi connectivity index (χ3v) is 4.26. The zero-order valence-corrected chi connectivity index (χ0v) is 11.5. The summed E-state index contributed by atoms with van der Waals surface area (Å²) in [4.78, 5) is 4.96. The van der Waals surface area contributed by atoms with Crippen molar-refractivity contribution in [3.63, 3.8) is 0 Å².